The number of aromatic amines is 1. The first-order chi connectivity index (χ1) is 23.9. The number of ether oxygens (including phenoxy) is 2. The van der Waals surface area contributed by atoms with E-state index < -0.39 is 20.7 Å². The van der Waals surface area contributed by atoms with Gasteiger partial charge < -0.3 is 39.8 Å². The van der Waals surface area contributed by atoms with E-state index in [0.717, 1.165) is 64.3 Å². The fraction of sp³-hybridized carbons (Fsp3) is 0.382. The lowest BCUT2D eigenvalue weighted by Gasteiger charge is -2.35. The first kappa shape index (κ1) is 33.7. The molecule has 3 aromatic heterocycles. The molecule has 5 heterocycles. The third-order valence-electron chi connectivity index (χ3n) is 8.91. The molecule has 0 amide bonds. The van der Waals surface area contributed by atoms with Gasteiger partial charge in [-0.05, 0) is 44.6 Å². The van der Waals surface area contributed by atoms with Crippen LogP contribution in [0.2, 0.25) is 0 Å². The van der Waals surface area contributed by atoms with Gasteiger partial charge in [-0.3, -0.25) is 4.68 Å². The zero-order valence-electron chi connectivity index (χ0n) is 28.6. The van der Waals surface area contributed by atoms with E-state index in [2.05, 4.69) is 62.8 Å². The number of hydrogen-bond acceptors (Lipinski definition) is 10. The van der Waals surface area contributed by atoms with Gasteiger partial charge in [0.15, 0.2) is 12.4 Å². The van der Waals surface area contributed by atoms with Gasteiger partial charge in [-0.1, -0.05) is 7.92 Å². The van der Waals surface area contributed by atoms with Gasteiger partial charge in [-0.25, -0.2) is 0 Å². The minimum absolute atomic E-state index is 0.0365. The zero-order valence-corrected chi connectivity index (χ0v) is 29.5. The zero-order chi connectivity index (χ0) is 35.2. The van der Waals surface area contributed by atoms with E-state index in [4.69, 9.17) is 19.4 Å². The number of benzene rings is 2. The maximum absolute atomic E-state index is 13.5. The van der Waals surface area contributed by atoms with Gasteiger partial charge in [0.1, 0.15) is 23.8 Å². The van der Waals surface area contributed by atoms with Crippen LogP contribution >= 0.6 is 7.92 Å². The Hall–Kier alpha value is -4.75. The SMILES string of the molecule is CN1CCN(c2cc(OCC(F)(F)F)c(Nc3nc(Nc4ccc5c(c4P(C)C)OCCN5C)c4cc[nH]c4n3)cc2-c2cnn(C)c2)CC1. The van der Waals surface area contributed by atoms with Gasteiger partial charge >= 0.3 is 6.18 Å². The maximum atomic E-state index is 13.5. The van der Waals surface area contributed by atoms with Gasteiger partial charge in [0, 0.05) is 80.9 Å². The summed E-state index contributed by atoms with van der Waals surface area (Å²) in [4.78, 5) is 19.3. The Balaban J connectivity index is 1.31. The van der Waals surface area contributed by atoms with Crippen LogP contribution in [-0.2, 0) is 7.05 Å². The monoisotopic (exact) mass is 708 g/mol. The maximum Gasteiger partial charge on any atom is 0.422 e. The van der Waals surface area contributed by atoms with Crippen molar-refractivity contribution in [2.24, 2.45) is 7.05 Å². The topological polar surface area (TPSA) is 112 Å². The van der Waals surface area contributed by atoms with E-state index in [0.29, 0.717) is 36.8 Å². The van der Waals surface area contributed by atoms with E-state index in [9.17, 15) is 13.2 Å². The van der Waals surface area contributed by atoms with Crippen LogP contribution in [-0.4, -0.2) is 109 Å². The van der Waals surface area contributed by atoms with Crippen LogP contribution in [0.3, 0.4) is 0 Å². The number of anilines is 6. The van der Waals surface area contributed by atoms with Crippen molar-refractivity contribution in [3.05, 3.63) is 48.9 Å². The molecule has 16 heteroatoms. The molecule has 264 valence electrons. The number of piperazine rings is 1. The van der Waals surface area contributed by atoms with E-state index in [1.807, 2.05) is 31.4 Å². The molecule has 0 aliphatic carbocycles. The van der Waals surface area contributed by atoms with Gasteiger partial charge in [0.25, 0.3) is 0 Å². The summed E-state index contributed by atoms with van der Waals surface area (Å²) in [5.74, 6) is 1.61. The van der Waals surface area contributed by atoms with Crippen molar-refractivity contribution in [2.75, 3.05) is 93.8 Å². The van der Waals surface area contributed by atoms with Crippen molar-refractivity contribution in [1.29, 1.82) is 0 Å². The van der Waals surface area contributed by atoms with Crippen LogP contribution in [0.1, 0.15) is 0 Å². The molecule has 1 saturated heterocycles. The highest BCUT2D eigenvalue weighted by molar-refractivity contribution is 7.64. The van der Waals surface area contributed by atoms with E-state index in [1.54, 1.807) is 29.2 Å². The Morgan fingerprint density at radius 1 is 0.960 bits per heavy atom. The lowest BCUT2D eigenvalue weighted by atomic mass is 10.0. The van der Waals surface area contributed by atoms with Crippen molar-refractivity contribution in [3.8, 4) is 22.6 Å². The molecule has 2 aliphatic rings. The molecule has 2 aromatic carbocycles. The third-order valence-corrected chi connectivity index (χ3v) is 10.2. The molecule has 5 aromatic rings. The predicted molar refractivity (Wildman–Crippen MR) is 194 cm³/mol. The Morgan fingerprint density at radius 3 is 2.48 bits per heavy atom. The summed E-state index contributed by atoms with van der Waals surface area (Å²) < 4.78 is 54.0. The number of alkyl halides is 3. The lowest BCUT2D eigenvalue weighted by Crippen LogP contribution is -2.44. The number of nitrogens with zero attached hydrogens (tertiary/aromatic N) is 7. The molecular formula is C34H40F3N10O2P. The number of fused-ring (bicyclic) bond motifs is 2. The fourth-order valence-electron chi connectivity index (χ4n) is 6.34. The van der Waals surface area contributed by atoms with Crippen LogP contribution in [0.25, 0.3) is 22.2 Å². The minimum atomic E-state index is -4.53. The normalized spacial score (nSPS) is 15.4. The number of nitrogens with one attached hydrogen (secondary N) is 3. The van der Waals surface area contributed by atoms with Gasteiger partial charge in [0.2, 0.25) is 5.95 Å². The molecule has 50 heavy (non-hydrogen) atoms. The Labute approximate surface area is 289 Å². The summed E-state index contributed by atoms with van der Waals surface area (Å²) in [7, 11) is 5.35. The van der Waals surface area contributed by atoms with E-state index in [-0.39, 0.29) is 11.7 Å². The predicted octanol–water partition coefficient (Wildman–Crippen LogP) is 5.73. The van der Waals surface area contributed by atoms with Crippen LogP contribution in [0.15, 0.2) is 48.9 Å². The van der Waals surface area contributed by atoms with Crippen LogP contribution in [0.5, 0.6) is 11.5 Å². The molecular weight excluding hydrogens is 668 g/mol. The summed E-state index contributed by atoms with van der Waals surface area (Å²) >= 11 is 0. The van der Waals surface area contributed by atoms with Gasteiger partial charge in [-0.15, -0.1) is 0 Å². The highest BCUT2D eigenvalue weighted by Crippen LogP contribution is 2.43. The first-order valence-corrected chi connectivity index (χ1v) is 18.5. The second kappa shape index (κ2) is 13.5. The molecule has 0 bridgehead atoms. The number of hydrogen-bond donors (Lipinski definition) is 3. The van der Waals surface area contributed by atoms with Crippen molar-refractivity contribution in [2.45, 2.75) is 6.18 Å². The van der Waals surface area contributed by atoms with Crippen LogP contribution < -0.4 is 35.2 Å². The quantitative estimate of drug-likeness (QED) is 0.164. The standard InChI is InChI=1S/C34H40F3N10O2P/c1-44-10-12-47(13-11-44)27-17-28(49-20-34(35,36)37)25(16-23(27)21-18-39-46(3)19-21)41-33-42-31-22(8-9-38-31)32(43-33)40-24-6-7-26-29(30(24)50(4)5)48-15-14-45(26)2/h6-9,16-19H,10-15,20H2,1-5H3,(H3,38,40,41,42,43). The average Bonchev–Trinajstić information content (AvgIpc) is 3.73. The molecule has 1 fully saturated rings. The van der Waals surface area contributed by atoms with Crippen molar-refractivity contribution < 1.29 is 22.6 Å². The van der Waals surface area contributed by atoms with Gasteiger partial charge in [0.05, 0.1) is 35.2 Å². The molecule has 0 unspecified atom stereocenters. The fourth-order valence-corrected chi connectivity index (χ4v) is 7.54. The molecule has 7 rings (SSSR count). The molecule has 2 aliphatic heterocycles. The van der Waals surface area contributed by atoms with E-state index >= 15 is 0 Å². The second-order valence-corrected chi connectivity index (χ2v) is 15.1. The lowest BCUT2D eigenvalue weighted by molar-refractivity contribution is -0.153. The first-order valence-electron chi connectivity index (χ1n) is 16.3. The Morgan fingerprint density at radius 2 is 1.76 bits per heavy atom. The molecule has 3 N–H and O–H groups in total. The summed E-state index contributed by atoms with van der Waals surface area (Å²) in [5, 5.41) is 13.0. The van der Waals surface area contributed by atoms with Crippen molar-refractivity contribution in [1.82, 2.24) is 29.6 Å². The molecule has 12 nitrogen and oxygen atoms in total. The number of rotatable bonds is 9. The largest absolute Gasteiger partial charge is 0.489 e. The van der Waals surface area contributed by atoms with Crippen LogP contribution in [0.4, 0.5) is 47.7 Å². The average molecular weight is 709 g/mol. The van der Waals surface area contributed by atoms with E-state index in [1.165, 1.54) is 0 Å². The van der Waals surface area contributed by atoms with Crippen molar-refractivity contribution in [3.63, 3.8) is 0 Å². The Kier molecular flexibility index (Phi) is 9.12. The summed E-state index contributed by atoms with van der Waals surface area (Å²) in [6, 6.07) is 9.43. The highest BCUT2D eigenvalue weighted by atomic mass is 31.1. The summed E-state index contributed by atoms with van der Waals surface area (Å²) in [5.41, 5.74) is 5.13. The Bertz CT molecular complexity index is 2010. The van der Waals surface area contributed by atoms with Crippen molar-refractivity contribution >= 4 is 58.8 Å². The highest BCUT2D eigenvalue weighted by Gasteiger charge is 2.30. The summed E-state index contributed by atoms with van der Waals surface area (Å²) in [6.45, 7) is 7.37. The molecule has 0 saturated carbocycles. The number of likely N-dealkylation sites (N-methyl/N-ethyl adjacent to an activating group) is 2. The van der Waals surface area contributed by atoms with Crippen LogP contribution in [0, 0.1) is 0 Å². The number of aromatic nitrogens is 5. The van der Waals surface area contributed by atoms with Gasteiger partial charge in [-0.2, -0.15) is 28.2 Å². The smallest absolute Gasteiger partial charge is 0.422 e. The third kappa shape index (κ3) is 6.97. The number of halogens is 3. The molecule has 0 spiro atoms. The second-order valence-electron chi connectivity index (χ2n) is 12.8. The molecule has 0 radical (unpaired) electrons. The molecule has 0 atom stereocenters. The number of aryl methyl sites for hydroxylation is 1. The minimum Gasteiger partial charge on any atom is -0.489 e. The number of H-pyrrole nitrogens is 1. The summed E-state index contributed by atoms with van der Waals surface area (Å²) in [6.07, 6.45) is 0.863.